The molecule has 1 aromatic rings. The average molecular weight is 426 g/mol. The Balaban J connectivity index is 1.29. The smallest absolute Gasteiger partial charge is 0.227 e. The lowest BCUT2D eigenvalue weighted by Gasteiger charge is -2.53. The predicted octanol–water partition coefficient (Wildman–Crippen LogP) is 3.05. The van der Waals surface area contributed by atoms with Gasteiger partial charge in [-0.1, -0.05) is 37.3 Å². The molecule has 0 unspecified atom stereocenters. The number of fused-ring (bicyclic) bond motifs is 1. The van der Waals surface area contributed by atoms with Gasteiger partial charge in [-0.25, -0.2) is 0 Å². The van der Waals surface area contributed by atoms with Crippen molar-refractivity contribution in [2.24, 2.45) is 11.3 Å². The van der Waals surface area contributed by atoms with Crippen LogP contribution < -0.4 is 5.32 Å². The van der Waals surface area contributed by atoms with Crippen LogP contribution >= 0.6 is 0 Å². The molecule has 5 heteroatoms. The van der Waals surface area contributed by atoms with Gasteiger partial charge >= 0.3 is 0 Å². The third-order valence-corrected chi connectivity index (χ3v) is 8.85. The Labute approximate surface area is 187 Å². The first kappa shape index (κ1) is 21.4. The van der Waals surface area contributed by atoms with E-state index >= 15 is 0 Å². The second-order valence-corrected chi connectivity index (χ2v) is 10.4. The fourth-order valence-electron chi connectivity index (χ4n) is 6.57. The summed E-state index contributed by atoms with van der Waals surface area (Å²) in [5, 5.41) is 3.48. The normalized spacial score (nSPS) is 33.5. The van der Waals surface area contributed by atoms with Gasteiger partial charge in [0.1, 0.15) is 0 Å². The van der Waals surface area contributed by atoms with E-state index in [1.165, 1.54) is 24.8 Å². The van der Waals surface area contributed by atoms with Crippen molar-refractivity contribution in [3.63, 3.8) is 0 Å². The number of hydrogen-bond donors (Lipinski definition) is 1. The Morgan fingerprint density at radius 3 is 2.58 bits per heavy atom. The molecule has 2 aliphatic heterocycles. The van der Waals surface area contributed by atoms with Crippen molar-refractivity contribution in [1.29, 1.82) is 0 Å². The monoisotopic (exact) mass is 425 g/mol. The highest BCUT2D eigenvalue weighted by molar-refractivity contribution is 5.84. The molecule has 0 radical (unpaired) electrons. The van der Waals surface area contributed by atoms with E-state index in [9.17, 15) is 4.79 Å². The van der Waals surface area contributed by atoms with Gasteiger partial charge < -0.3 is 15.0 Å². The van der Waals surface area contributed by atoms with E-state index in [4.69, 9.17) is 4.74 Å². The second kappa shape index (κ2) is 8.84. The third-order valence-electron chi connectivity index (χ3n) is 8.85. The molecule has 2 aliphatic carbocycles. The molecule has 31 heavy (non-hydrogen) atoms. The Morgan fingerprint density at radius 2 is 1.87 bits per heavy atom. The van der Waals surface area contributed by atoms with E-state index < -0.39 is 0 Å². The van der Waals surface area contributed by atoms with Crippen molar-refractivity contribution in [1.82, 2.24) is 15.1 Å². The summed E-state index contributed by atoms with van der Waals surface area (Å²) >= 11 is 0. The van der Waals surface area contributed by atoms with Gasteiger partial charge in [-0.2, -0.15) is 0 Å². The lowest BCUT2D eigenvalue weighted by molar-refractivity contribution is -0.145. The summed E-state index contributed by atoms with van der Waals surface area (Å²) in [7, 11) is 0. The minimum atomic E-state index is -0.205. The van der Waals surface area contributed by atoms with Crippen molar-refractivity contribution < 1.29 is 9.53 Å². The minimum absolute atomic E-state index is 0.174. The highest BCUT2D eigenvalue weighted by Gasteiger charge is 2.53. The number of morpholine rings is 1. The van der Waals surface area contributed by atoms with Crippen molar-refractivity contribution in [2.45, 2.75) is 56.9 Å². The zero-order valence-corrected chi connectivity index (χ0v) is 19.2. The van der Waals surface area contributed by atoms with E-state index in [1.54, 1.807) is 0 Å². The number of carbonyl (C=O) groups excluding carboxylic acids is 1. The number of carbonyl (C=O) groups is 1. The fraction of sp³-hybridized carbons (Fsp3) is 0.731. The standard InChI is InChI=1S/C26H39N3O2/c1-2-28-13-9-22-18-23(29-14-16-31-17-15-29)8-10-26(22,20-28)24(30)27-19-25(11-12-25)21-6-4-3-5-7-21/h3-7,22-23H,2,8-20H2,1H3,(H,27,30)/t22-,23+,26-/m1/s1. The van der Waals surface area contributed by atoms with Crippen molar-refractivity contribution in [2.75, 3.05) is 52.5 Å². The Hall–Kier alpha value is -1.43. The number of nitrogens with zero attached hydrogens (tertiary/aromatic N) is 2. The number of hydrogen-bond acceptors (Lipinski definition) is 4. The maximum absolute atomic E-state index is 13.8. The summed E-state index contributed by atoms with van der Waals surface area (Å²) in [6.45, 7) is 9.98. The van der Waals surface area contributed by atoms with Gasteiger partial charge in [-0.05, 0) is 63.1 Å². The first-order valence-electron chi connectivity index (χ1n) is 12.5. The summed E-state index contributed by atoms with van der Waals surface area (Å²) in [5.41, 5.74) is 1.36. The molecule has 1 aromatic carbocycles. The molecule has 2 saturated carbocycles. The zero-order chi connectivity index (χ0) is 21.3. The second-order valence-electron chi connectivity index (χ2n) is 10.4. The zero-order valence-electron chi connectivity index (χ0n) is 19.2. The predicted molar refractivity (Wildman–Crippen MR) is 123 cm³/mol. The molecule has 3 atom stereocenters. The summed E-state index contributed by atoms with van der Waals surface area (Å²) in [6, 6.07) is 11.4. The van der Waals surface area contributed by atoms with E-state index in [0.29, 0.717) is 17.9 Å². The molecule has 2 saturated heterocycles. The summed E-state index contributed by atoms with van der Waals surface area (Å²) < 4.78 is 5.58. The number of nitrogens with one attached hydrogen (secondary N) is 1. The van der Waals surface area contributed by atoms with Crippen LogP contribution in [-0.2, 0) is 14.9 Å². The lowest BCUT2D eigenvalue weighted by atomic mass is 9.60. The lowest BCUT2D eigenvalue weighted by Crippen LogP contribution is -2.61. The SMILES string of the molecule is CCN1CC[C@@H]2C[C@@H](N3CCOCC3)CC[C@@]2(C(=O)NCC2(c3ccccc3)CC2)C1. The fourth-order valence-corrected chi connectivity index (χ4v) is 6.57. The largest absolute Gasteiger partial charge is 0.379 e. The van der Waals surface area contributed by atoms with E-state index in [0.717, 1.165) is 71.7 Å². The Morgan fingerprint density at radius 1 is 1.10 bits per heavy atom. The molecule has 170 valence electrons. The molecule has 0 spiro atoms. The van der Waals surface area contributed by atoms with Crippen molar-refractivity contribution in [3.05, 3.63) is 35.9 Å². The van der Waals surface area contributed by atoms with Crippen LogP contribution in [0.15, 0.2) is 30.3 Å². The molecule has 0 bridgehead atoms. The molecule has 5 nitrogen and oxygen atoms in total. The van der Waals surface area contributed by atoms with Crippen molar-refractivity contribution in [3.8, 4) is 0 Å². The van der Waals surface area contributed by atoms with E-state index in [2.05, 4.69) is 52.4 Å². The van der Waals surface area contributed by atoms with Gasteiger partial charge in [0.25, 0.3) is 0 Å². The van der Waals surface area contributed by atoms with Gasteiger partial charge in [-0.3, -0.25) is 9.69 Å². The summed E-state index contributed by atoms with van der Waals surface area (Å²) in [4.78, 5) is 19.0. The van der Waals surface area contributed by atoms with E-state index in [1.807, 2.05) is 0 Å². The van der Waals surface area contributed by atoms with E-state index in [-0.39, 0.29) is 10.8 Å². The van der Waals surface area contributed by atoms with Crippen molar-refractivity contribution >= 4 is 5.91 Å². The minimum Gasteiger partial charge on any atom is -0.379 e. The molecule has 0 aromatic heterocycles. The van der Waals surface area contributed by atoms with Crippen LogP contribution in [0, 0.1) is 11.3 Å². The first-order valence-corrected chi connectivity index (χ1v) is 12.5. The number of amides is 1. The van der Waals surface area contributed by atoms with Crippen LogP contribution in [0.1, 0.15) is 51.0 Å². The Bertz CT molecular complexity index is 759. The van der Waals surface area contributed by atoms with Gasteiger partial charge in [0.15, 0.2) is 0 Å². The molecule has 1 amide bonds. The van der Waals surface area contributed by atoms with Gasteiger partial charge in [-0.15, -0.1) is 0 Å². The maximum atomic E-state index is 13.8. The number of benzene rings is 1. The van der Waals surface area contributed by atoms with Crippen LogP contribution in [0.3, 0.4) is 0 Å². The topological polar surface area (TPSA) is 44.8 Å². The van der Waals surface area contributed by atoms with Gasteiger partial charge in [0.2, 0.25) is 5.91 Å². The van der Waals surface area contributed by atoms with Crippen LogP contribution in [0.25, 0.3) is 0 Å². The third kappa shape index (κ3) is 4.17. The maximum Gasteiger partial charge on any atom is 0.227 e. The number of piperidine rings is 1. The van der Waals surface area contributed by atoms with Crippen LogP contribution in [0.2, 0.25) is 0 Å². The quantitative estimate of drug-likeness (QED) is 0.761. The molecule has 5 rings (SSSR count). The first-order chi connectivity index (χ1) is 15.2. The van der Waals surface area contributed by atoms with Crippen LogP contribution in [0.5, 0.6) is 0 Å². The summed E-state index contributed by atoms with van der Waals surface area (Å²) in [6.07, 6.45) is 6.88. The number of ether oxygens (including phenoxy) is 1. The molecule has 4 fully saturated rings. The highest BCUT2D eigenvalue weighted by atomic mass is 16.5. The molecule has 4 aliphatic rings. The molecule has 1 N–H and O–H groups in total. The summed E-state index contributed by atoms with van der Waals surface area (Å²) in [5.74, 6) is 0.835. The molecular formula is C26H39N3O2. The number of rotatable bonds is 6. The van der Waals surface area contributed by atoms with Crippen LogP contribution in [-0.4, -0.2) is 74.2 Å². The molecule has 2 heterocycles. The molecular weight excluding hydrogens is 386 g/mol. The number of likely N-dealkylation sites (tertiary alicyclic amines) is 1. The average Bonchev–Trinajstić information content (AvgIpc) is 3.64. The van der Waals surface area contributed by atoms with Gasteiger partial charge in [0.05, 0.1) is 18.6 Å². The Kier molecular flexibility index (Phi) is 6.11. The van der Waals surface area contributed by atoms with Crippen LogP contribution in [0.4, 0.5) is 0 Å². The van der Waals surface area contributed by atoms with Gasteiger partial charge in [0, 0.05) is 37.6 Å². The highest BCUT2D eigenvalue weighted by Crippen LogP contribution is 2.50.